The maximum atomic E-state index is 14.5. The van der Waals surface area contributed by atoms with E-state index in [-0.39, 0.29) is 24.7 Å². The molecule has 1 amide bonds. The summed E-state index contributed by atoms with van der Waals surface area (Å²) in [6.07, 6.45) is 5.08. The van der Waals surface area contributed by atoms with Gasteiger partial charge in [0.2, 0.25) is 0 Å². The molecular formula is C38H41N3O7S. The molecule has 256 valence electrons. The smallest absolute Gasteiger partial charge is 0.338 e. The molecule has 0 radical (unpaired) electrons. The Morgan fingerprint density at radius 2 is 1.73 bits per heavy atom. The minimum atomic E-state index is -0.831. The lowest BCUT2D eigenvalue weighted by Crippen LogP contribution is -2.40. The number of fused-ring (bicyclic) bond motifs is 2. The van der Waals surface area contributed by atoms with Gasteiger partial charge in [0.05, 0.1) is 36.1 Å². The van der Waals surface area contributed by atoms with E-state index in [0.29, 0.717) is 62.0 Å². The first-order valence-corrected chi connectivity index (χ1v) is 17.6. The number of amides is 1. The maximum absolute atomic E-state index is 14.5. The third-order valence-electron chi connectivity index (χ3n) is 8.69. The molecule has 0 spiro atoms. The zero-order chi connectivity index (χ0) is 34.5. The molecule has 1 atom stereocenters. The van der Waals surface area contributed by atoms with Crippen LogP contribution in [0.5, 0.6) is 17.2 Å². The molecule has 49 heavy (non-hydrogen) atoms. The van der Waals surface area contributed by atoms with E-state index in [1.807, 2.05) is 61.2 Å². The highest BCUT2D eigenvalue weighted by Gasteiger charge is 2.37. The minimum Gasteiger partial charge on any atom is -0.496 e. The van der Waals surface area contributed by atoms with Crippen molar-refractivity contribution in [1.82, 2.24) is 9.47 Å². The Bertz CT molecular complexity index is 2090. The summed E-state index contributed by atoms with van der Waals surface area (Å²) in [4.78, 5) is 48.1. The Balaban J connectivity index is 1.49. The molecule has 0 N–H and O–H groups in total. The number of hydrogen-bond donors (Lipinski definition) is 0. The number of ether oxygens (including phenoxy) is 4. The fourth-order valence-corrected chi connectivity index (χ4v) is 7.50. The lowest BCUT2D eigenvalue weighted by molar-refractivity contribution is -0.139. The van der Waals surface area contributed by atoms with Crippen LogP contribution in [-0.2, 0) is 14.3 Å². The molecule has 0 bridgehead atoms. The van der Waals surface area contributed by atoms with E-state index >= 15 is 0 Å². The molecule has 2 aliphatic rings. The Hall–Kier alpha value is -4.90. The molecule has 1 aromatic heterocycles. The van der Waals surface area contributed by atoms with Crippen LogP contribution in [0.15, 0.2) is 75.7 Å². The van der Waals surface area contributed by atoms with Gasteiger partial charge in [-0.05, 0) is 73.7 Å². The number of thiazole rings is 1. The predicted octanol–water partition coefficient (Wildman–Crippen LogP) is 5.14. The van der Waals surface area contributed by atoms with Crippen molar-refractivity contribution in [1.29, 1.82) is 0 Å². The van der Waals surface area contributed by atoms with Crippen LogP contribution in [0.3, 0.4) is 0 Å². The summed E-state index contributed by atoms with van der Waals surface area (Å²) in [5.74, 6) is 0.931. The number of carbonyl (C=O) groups is 2. The maximum Gasteiger partial charge on any atom is 0.338 e. The van der Waals surface area contributed by atoms with Crippen molar-refractivity contribution in [3.63, 3.8) is 0 Å². The van der Waals surface area contributed by atoms with Crippen LogP contribution in [0, 0.1) is 0 Å². The van der Waals surface area contributed by atoms with Gasteiger partial charge in [-0.15, -0.1) is 0 Å². The predicted molar refractivity (Wildman–Crippen MR) is 189 cm³/mol. The van der Waals surface area contributed by atoms with Gasteiger partial charge in [0.1, 0.15) is 11.8 Å². The molecule has 0 saturated carbocycles. The second-order valence-corrected chi connectivity index (χ2v) is 12.8. The van der Waals surface area contributed by atoms with Gasteiger partial charge in [-0.3, -0.25) is 14.2 Å². The van der Waals surface area contributed by atoms with E-state index in [0.717, 1.165) is 43.1 Å². The van der Waals surface area contributed by atoms with Gasteiger partial charge in [-0.1, -0.05) is 61.1 Å². The van der Waals surface area contributed by atoms with Crippen molar-refractivity contribution < 1.29 is 28.5 Å². The Morgan fingerprint density at radius 3 is 2.47 bits per heavy atom. The van der Waals surface area contributed by atoms with Crippen molar-refractivity contribution in [2.75, 3.05) is 40.0 Å². The fraction of sp³-hybridized carbons (Fsp3) is 0.368. The number of carbonyl (C=O) groups excluding carboxylic acids is 2. The molecule has 3 heterocycles. The van der Waals surface area contributed by atoms with E-state index in [4.69, 9.17) is 23.9 Å². The first-order chi connectivity index (χ1) is 23.9. The number of aromatic nitrogens is 1. The second kappa shape index (κ2) is 15.1. The molecule has 1 saturated heterocycles. The number of nitrogens with zero attached hydrogens (tertiary/aromatic N) is 3. The van der Waals surface area contributed by atoms with Crippen LogP contribution >= 0.6 is 11.3 Å². The molecule has 2 aliphatic heterocycles. The van der Waals surface area contributed by atoms with E-state index < -0.39 is 12.0 Å². The highest BCUT2D eigenvalue weighted by molar-refractivity contribution is 7.07. The number of esters is 1. The molecule has 10 nitrogen and oxygen atoms in total. The summed E-state index contributed by atoms with van der Waals surface area (Å²) < 4.78 is 25.3. The first kappa shape index (κ1) is 34.0. The average Bonchev–Trinajstić information content (AvgIpc) is 3.76. The standard InChI is InChI=1S/C38H41N3O7S/c1-5-12-27-34(37(44)47-7-3)35(33-26-14-9-8-13-25(26)16-18-29(33)45-4)41-36(43)31(49-38(41)39-27)22-24-15-17-28(30(21-24)46-6-2)48-23-32(42)40-19-10-11-20-40/h8-9,13-18,21-22,35H,5-7,10-12,19-20,23H2,1-4H3/b31-22+/t35-/m0/s1. The van der Waals surface area contributed by atoms with Crippen LogP contribution in [0.1, 0.15) is 63.6 Å². The van der Waals surface area contributed by atoms with Crippen LogP contribution in [0.25, 0.3) is 16.8 Å². The summed E-state index contributed by atoms with van der Waals surface area (Å²) in [5, 5.41) is 1.81. The molecule has 3 aromatic carbocycles. The lowest BCUT2D eigenvalue weighted by Gasteiger charge is -2.28. The summed E-state index contributed by atoms with van der Waals surface area (Å²) in [6, 6.07) is 16.2. The van der Waals surface area contributed by atoms with Gasteiger partial charge in [0, 0.05) is 18.7 Å². The van der Waals surface area contributed by atoms with Crippen molar-refractivity contribution in [3.05, 3.63) is 96.7 Å². The average molecular weight is 684 g/mol. The summed E-state index contributed by atoms with van der Waals surface area (Å²) in [5.41, 5.74) is 2.04. The van der Waals surface area contributed by atoms with E-state index in [1.165, 1.54) is 11.3 Å². The molecule has 0 aliphatic carbocycles. The Morgan fingerprint density at radius 1 is 0.959 bits per heavy atom. The molecule has 1 fully saturated rings. The van der Waals surface area contributed by atoms with E-state index in [1.54, 1.807) is 36.8 Å². The van der Waals surface area contributed by atoms with Crippen LogP contribution in [-0.4, -0.2) is 61.4 Å². The van der Waals surface area contributed by atoms with Gasteiger partial charge in [0.15, 0.2) is 22.9 Å². The highest BCUT2D eigenvalue weighted by Crippen LogP contribution is 2.41. The van der Waals surface area contributed by atoms with Crippen molar-refractivity contribution in [2.24, 2.45) is 4.99 Å². The monoisotopic (exact) mass is 683 g/mol. The molecule has 4 aromatic rings. The zero-order valence-electron chi connectivity index (χ0n) is 28.3. The van der Waals surface area contributed by atoms with Crippen molar-refractivity contribution in [3.8, 4) is 17.2 Å². The van der Waals surface area contributed by atoms with Crippen LogP contribution in [0.2, 0.25) is 0 Å². The van der Waals surface area contributed by atoms with E-state index in [9.17, 15) is 14.4 Å². The first-order valence-electron chi connectivity index (χ1n) is 16.8. The van der Waals surface area contributed by atoms with Gasteiger partial charge >= 0.3 is 5.97 Å². The Labute approximate surface area is 288 Å². The largest absolute Gasteiger partial charge is 0.496 e. The quantitative estimate of drug-likeness (QED) is 0.190. The number of hydrogen-bond acceptors (Lipinski definition) is 9. The van der Waals surface area contributed by atoms with Gasteiger partial charge < -0.3 is 23.8 Å². The Kier molecular flexibility index (Phi) is 10.5. The highest BCUT2D eigenvalue weighted by atomic mass is 32.1. The molecule has 0 unspecified atom stereocenters. The fourth-order valence-electron chi connectivity index (χ4n) is 6.48. The van der Waals surface area contributed by atoms with E-state index in [2.05, 4.69) is 0 Å². The summed E-state index contributed by atoms with van der Waals surface area (Å²) in [6.45, 7) is 7.68. The molecule has 6 rings (SSSR count). The van der Waals surface area contributed by atoms with Crippen molar-refractivity contribution >= 4 is 40.1 Å². The number of methoxy groups -OCH3 is 1. The number of allylic oxidation sites excluding steroid dienone is 1. The molecule has 11 heteroatoms. The minimum absolute atomic E-state index is 0.0489. The van der Waals surface area contributed by atoms with Gasteiger partial charge in [0.25, 0.3) is 11.5 Å². The SMILES string of the molecule is CCCC1=C(C(=O)OCC)[C@H](c2c(OC)ccc3ccccc23)n2c(s/c(=C/c3ccc(OCC(=O)N4CCCC4)c(OCC)c3)c2=O)=N1. The lowest BCUT2D eigenvalue weighted by atomic mass is 9.90. The van der Waals surface area contributed by atoms with Crippen molar-refractivity contribution in [2.45, 2.75) is 52.5 Å². The third kappa shape index (κ3) is 6.85. The number of rotatable bonds is 12. The van der Waals surface area contributed by atoms with Crippen LogP contribution < -0.4 is 29.1 Å². The van der Waals surface area contributed by atoms with Gasteiger partial charge in [-0.2, -0.15) is 0 Å². The number of benzene rings is 3. The summed E-state index contributed by atoms with van der Waals surface area (Å²) in [7, 11) is 1.59. The topological polar surface area (TPSA) is 109 Å². The van der Waals surface area contributed by atoms with Crippen LogP contribution in [0.4, 0.5) is 0 Å². The number of likely N-dealkylation sites (tertiary alicyclic amines) is 1. The second-order valence-electron chi connectivity index (χ2n) is 11.8. The molecular weight excluding hydrogens is 642 g/mol. The van der Waals surface area contributed by atoms with Gasteiger partial charge in [-0.25, -0.2) is 9.79 Å². The normalized spacial score (nSPS) is 16.0. The zero-order valence-corrected chi connectivity index (χ0v) is 29.1. The third-order valence-corrected chi connectivity index (χ3v) is 9.67. The summed E-state index contributed by atoms with van der Waals surface area (Å²) >= 11 is 1.26.